The van der Waals surface area contributed by atoms with E-state index < -0.39 is 17.0 Å². The molecule has 0 spiro atoms. The SMILES string of the molecule is N#CC(OC(=O)Cc1ccc([N+](=O)[O-])cc1)c1ccccc1. The van der Waals surface area contributed by atoms with Gasteiger partial charge in [-0.2, -0.15) is 5.26 Å². The van der Waals surface area contributed by atoms with Crippen LogP contribution >= 0.6 is 0 Å². The second-order valence-electron chi connectivity index (χ2n) is 4.51. The largest absolute Gasteiger partial charge is 0.442 e. The van der Waals surface area contributed by atoms with Gasteiger partial charge in [0.1, 0.15) is 6.07 Å². The average Bonchev–Trinajstić information content (AvgIpc) is 2.54. The summed E-state index contributed by atoms with van der Waals surface area (Å²) in [7, 11) is 0. The fourth-order valence-electron chi connectivity index (χ4n) is 1.87. The molecule has 6 nitrogen and oxygen atoms in total. The molecule has 0 aliphatic carbocycles. The second kappa shape index (κ2) is 6.99. The Labute approximate surface area is 126 Å². The van der Waals surface area contributed by atoms with Crippen molar-refractivity contribution in [3.8, 4) is 6.07 Å². The van der Waals surface area contributed by atoms with E-state index in [4.69, 9.17) is 10.00 Å². The predicted molar refractivity (Wildman–Crippen MR) is 77.7 cm³/mol. The lowest BCUT2D eigenvalue weighted by Crippen LogP contribution is -2.12. The van der Waals surface area contributed by atoms with E-state index in [1.165, 1.54) is 24.3 Å². The molecule has 0 radical (unpaired) electrons. The fourth-order valence-corrected chi connectivity index (χ4v) is 1.87. The number of carbonyl (C=O) groups excluding carboxylic acids is 1. The number of hydrogen-bond donors (Lipinski definition) is 0. The van der Waals surface area contributed by atoms with Gasteiger partial charge in [0.15, 0.2) is 0 Å². The van der Waals surface area contributed by atoms with Crippen LogP contribution in [0.15, 0.2) is 54.6 Å². The van der Waals surface area contributed by atoms with Crippen LogP contribution in [0.2, 0.25) is 0 Å². The number of hydrogen-bond acceptors (Lipinski definition) is 5. The average molecular weight is 296 g/mol. The molecule has 0 aliphatic heterocycles. The van der Waals surface area contributed by atoms with Gasteiger partial charge in [0.05, 0.1) is 11.3 Å². The summed E-state index contributed by atoms with van der Waals surface area (Å²) in [6, 6.07) is 16.3. The molecule has 0 N–H and O–H groups in total. The molecule has 2 aromatic rings. The number of nitro benzene ring substituents is 1. The highest BCUT2D eigenvalue weighted by Crippen LogP contribution is 2.18. The smallest absolute Gasteiger partial charge is 0.311 e. The molecule has 0 bridgehead atoms. The molecule has 0 fully saturated rings. The van der Waals surface area contributed by atoms with Crippen molar-refractivity contribution < 1.29 is 14.5 Å². The lowest BCUT2D eigenvalue weighted by molar-refractivity contribution is -0.384. The first-order chi connectivity index (χ1) is 10.6. The van der Waals surface area contributed by atoms with Crippen LogP contribution in [-0.2, 0) is 16.0 Å². The van der Waals surface area contributed by atoms with E-state index in [9.17, 15) is 14.9 Å². The Balaban J connectivity index is 2.00. The van der Waals surface area contributed by atoms with Crippen molar-refractivity contribution >= 4 is 11.7 Å². The third kappa shape index (κ3) is 3.90. The van der Waals surface area contributed by atoms with E-state index in [0.717, 1.165) is 0 Å². The lowest BCUT2D eigenvalue weighted by atomic mass is 10.1. The molecular formula is C16H12N2O4. The van der Waals surface area contributed by atoms with Crippen LogP contribution in [0.3, 0.4) is 0 Å². The number of carbonyl (C=O) groups is 1. The number of benzene rings is 2. The molecule has 2 aromatic carbocycles. The van der Waals surface area contributed by atoms with Crippen molar-refractivity contribution in [3.05, 3.63) is 75.8 Å². The molecule has 0 aromatic heterocycles. The van der Waals surface area contributed by atoms with Crippen molar-refractivity contribution in [2.24, 2.45) is 0 Å². The molecule has 0 aliphatic rings. The maximum atomic E-state index is 11.9. The third-order valence-corrected chi connectivity index (χ3v) is 2.96. The highest BCUT2D eigenvalue weighted by molar-refractivity contribution is 5.73. The molecular weight excluding hydrogens is 284 g/mol. The number of esters is 1. The van der Waals surface area contributed by atoms with E-state index in [0.29, 0.717) is 11.1 Å². The first-order valence-corrected chi connectivity index (χ1v) is 6.47. The normalized spacial score (nSPS) is 11.2. The molecule has 0 saturated carbocycles. The number of nitro groups is 1. The van der Waals surface area contributed by atoms with Crippen molar-refractivity contribution in [1.29, 1.82) is 5.26 Å². The minimum absolute atomic E-state index is 0.0451. The highest BCUT2D eigenvalue weighted by Gasteiger charge is 2.16. The number of rotatable bonds is 5. The van der Waals surface area contributed by atoms with Crippen molar-refractivity contribution in [1.82, 2.24) is 0 Å². The van der Waals surface area contributed by atoms with E-state index in [1.807, 2.05) is 6.07 Å². The Morgan fingerprint density at radius 1 is 1.18 bits per heavy atom. The third-order valence-electron chi connectivity index (χ3n) is 2.96. The summed E-state index contributed by atoms with van der Waals surface area (Å²) in [5, 5.41) is 19.6. The zero-order valence-electron chi connectivity index (χ0n) is 11.5. The van der Waals surface area contributed by atoms with Crippen LogP contribution in [0.25, 0.3) is 0 Å². The first-order valence-electron chi connectivity index (χ1n) is 6.47. The summed E-state index contributed by atoms with van der Waals surface area (Å²) in [5.41, 5.74) is 1.14. The molecule has 0 saturated heterocycles. The van der Waals surface area contributed by atoms with Crippen LogP contribution < -0.4 is 0 Å². The summed E-state index contributed by atoms with van der Waals surface area (Å²) >= 11 is 0. The van der Waals surface area contributed by atoms with Gasteiger partial charge in [0, 0.05) is 17.7 Å². The summed E-state index contributed by atoms with van der Waals surface area (Å²) in [6.07, 6.45) is -1.02. The van der Waals surface area contributed by atoms with Crippen LogP contribution in [0.4, 0.5) is 5.69 Å². The highest BCUT2D eigenvalue weighted by atomic mass is 16.6. The number of non-ortho nitro benzene ring substituents is 1. The Bertz CT molecular complexity index is 705. The van der Waals surface area contributed by atoms with Gasteiger partial charge in [-0.25, -0.2) is 0 Å². The molecule has 2 rings (SSSR count). The topological polar surface area (TPSA) is 93.2 Å². The Morgan fingerprint density at radius 2 is 1.82 bits per heavy atom. The van der Waals surface area contributed by atoms with Gasteiger partial charge in [-0.15, -0.1) is 0 Å². The van der Waals surface area contributed by atoms with Gasteiger partial charge in [-0.1, -0.05) is 42.5 Å². The van der Waals surface area contributed by atoms with Crippen LogP contribution in [0.1, 0.15) is 17.2 Å². The molecule has 110 valence electrons. The Kier molecular flexibility index (Phi) is 4.83. The Hall–Kier alpha value is -3.20. The summed E-state index contributed by atoms with van der Waals surface area (Å²) in [5.74, 6) is -0.566. The maximum Gasteiger partial charge on any atom is 0.311 e. The first kappa shape index (κ1) is 15.2. The minimum Gasteiger partial charge on any atom is -0.442 e. The van der Waals surface area contributed by atoms with E-state index in [1.54, 1.807) is 30.3 Å². The van der Waals surface area contributed by atoms with Gasteiger partial charge >= 0.3 is 5.97 Å². The summed E-state index contributed by atoms with van der Waals surface area (Å²) in [4.78, 5) is 21.9. The van der Waals surface area contributed by atoms with Gasteiger partial charge in [0.25, 0.3) is 5.69 Å². The molecule has 1 unspecified atom stereocenters. The molecule has 0 heterocycles. The molecule has 1 atom stereocenters. The fraction of sp³-hybridized carbons (Fsp3) is 0.125. The van der Waals surface area contributed by atoms with E-state index in [-0.39, 0.29) is 12.1 Å². The molecule has 0 amide bonds. The van der Waals surface area contributed by atoms with E-state index >= 15 is 0 Å². The van der Waals surface area contributed by atoms with Crippen molar-refractivity contribution in [2.75, 3.05) is 0 Å². The Morgan fingerprint density at radius 3 is 2.36 bits per heavy atom. The zero-order chi connectivity index (χ0) is 15.9. The summed E-state index contributed by atoms with van der Waals surface area (Å²) < 4.78 is 5.13. The zero-order valence-corrected chi connectivity index (χ0v) is 11.5. The van der Waals surface area contributed by atoms with Crippen LogP contribution in [0.5, 0.6) is 0 Å². The standard InChI is InChI=1S/C16H12N2O4/c17-11-15(13-4-2-1-3-5-13)22-16(19)10-12-6-8-14(9-7-12)18(20)21/h1-9,15H,10H2. The van der Waals surface area contributed by atoms with Gasteiger partial charge < -0.3 is 4.74 Å². The van der Waals surface area contributed by atoms with Gasteiger partial charge in [-0.05, 0) is 5.56 Å². The number of nitriles is 1. The van der Waals surface area contributed by atoms with E-state index in [2.05, 4.69) is 0 Å². The van der Waals surface area contributed by atoms with Crippen molar-refractivity contribution in [3.63, 3.8) is 0 Å². The van der Waals surface area contributed by atoms with Gasteiger partial charge in [0.2, 0.25) is 6.10 Å². The monoisotopic (exact) mass is 296 g/mol. The summed E-state index contributed by atoms with van der Waals surface area (Å²) in [6.45, 7) is 0. The minimum atomic E-state index is -0.966. The van der Waals surface area contributed by atoms with Gasteiger partial charge in [-0.3, -0.25) is 14.9 Å². The second-order valence-corrected chi connectivity index (χ2v) is 4.51. The van der Waals surface area contributed by atoms with Crippen LogP contribution in [-0.4, -0.2) is 10.9 Å². The maximum absolute atomic E-state index is 11.9. The van der Waals surface area contributed by atoms with Crippen molar-refractivity contribution in [2.45, 2.75) is 12.5 Å². The molecule has 22 heavy (non-hydrogen) atoms. The van der Waals surface area contributed by atoms with Crippen LogP contribution in [0, 0.1) is 21.4 Å². The lowest BCUT2D eigenvalue weighted by Gasteiger charge is -2.11. The number of ether oxygens (including phenoxy) is 1. The number of nitrogens with zero attached hydrogens (tertiary/aromatic N) is 2. The molecule has 6 heteroatoms. The predicted octanol–water partition coefficient (Wildman–Crippen LogP) is 2.95. The quantitative estimate of drug-likeness (QED) is 0.480.